The first-order chi connectivity index (χ1) is 14.6. The van der Waals surface area contributed by atoms with E-state index in [-0.39, 0.29) is 24.5 Å². The van der Waals surface area contributed by atoms with Crippen LogP contribution >= 0.6 is 0 Å². The Bertz CT molecular complexity index is 1030. The molecule has 0 aliphatic carbocycles. The van der Waals surface area contributed by atoms with Crippen LogP contribution in [0.3, 0.4) is 0 Å². The predicted molar refractivity (Wildman–Crippen MR) is 111 cm³/mol. The number of esters is 1. The van der Waals surface area contributed by atoms with Crippen LogP contribution in [0.25, 0.3) is 0 Å². The number of nitrogens with zero attached hydrogens (tertiary/aromatic N) is 2. The van der Waals surface area contributed by atoms with E-state index in [0.29, 0.717) is 24.3 Å². The zero-order chi connectivity index (χ0) is 20.7. The van der Waals surface area contributed by atoms with Crippen molar-refractivity contribution in [2.24, 2.45) is 0 Å². The predicted octanol–water partition coefficient (Wildman–Crippen LogP) is 2.35. The van der Waals surface area contributed by atoms with Crippen LogP contribution in [0, 0.1) is 0 Å². The highest BCUT2D eigenvalue weighted by molar-refractivity contribution is 6.05. The third kappa shape index (κ3) is 3.30. The third-order valence-corrected chi connectivity index (χ3v) is 6.17. The van der Waals surface area contributed by atoms with Crippen LogP contribution in [0.4, 0.5) is 11.4 Å². The Labute approximate surface area is 174 Å². The molecule has 2 amide bonds. The number of carbonyl (C=O) groups excluding carboxylic acids is 3. The second-order valence-electron chi connectivity index (χ2n) is 7.98. The lowest BCUT2D eigenvalue weighted by molar-refractivity contribution is -0.135. The minimum atomic E-state index is -0.568. The molecule has 154 valence electrons. The van der Waals surface area contributed by atoms with Crippen LogP contribution in [0.1, 0.15) is 34.3 Å². The van der Waals surface area contributed by atoms with Crippen LogP contribution in [0.15, 0.2) is 42.5 Å². The lowest BCUT2D eigenvalue weighted by atomic mass is 10.00. The molecule has 30 heavy (non-hydrogen) atoms. The van der Waals surface area contributed by atoms with E-state index in [1.807, 2.05) is 24.3 Å². The van der Waals surface area contributed by atoms with Crippen LogP contribution < -0.4 is 10.2 Å². The number of ether oxygens (including phenoxy) is 1. The lowest BCUT2D eigenvalue weighted by Gasteiger charge is -2.33. The van der Waals surface area contributed by atoms with Gasteiger partial charge in [0.1, 0.15) is 6.04 Å². The second kappa shape index (κ2) is 7.48. The summed E-state index contributed by atoms with van der Waals surface area (Å²) in [4.78, 5) is 41.1. The number of nitrogens with one attached hydrogen (secondary N) is 1. The largest absolute Gasteiger partial charge is 0.452 e. The number of amides is 2. The number of hydrogen-bond acceptors (Lipinski definition) is 5. The van der Waals surface area contributed by atoms with Crippen molar-refractivity contribution < 1.29 is 19.1 Å². The molecule has 3 aliphatic rings. The summed E-state index contributed by atoms with van der Waals surface area (Å²) in [6.07, 6.45) is 2.63. The zero-order valence-corrected chi connectivity index (χ0v) is 16.6. The highest BCUT2D eigenvalue weighted by atomic mass is 16.5. The van der Waals surface area contributed by atoms with Crippen molar-refractivity contribution in [3.63, 3.8) is 0 Å². The van der Waals surface area contributed by atoms with Gasteiger partial charge in [-0.05, 0) is 48.6 Å². The van der Waals surface area contributed by atoms with Gasteiger partial charge in [0, 0.05) is 19.6 Å². The van der Waals surface area contributed by atoms with Crippen LogP contribution in [-0.2, 0) is 27.3 Å². The van der Waals surface area contributed by atoms with E-state index in [4.69, 9.17) is 4.74 Å². The maximum atomic E-state index is 12.5. The summed E-state index contributed by atoms with van der Waals surface area (Å²) >= 11 is 0. The summed E-state index contributed by atoms with van der Waals surface area (Å²) in [7, 11) is 0. The number of rotatable bonds is 3. The molecule has 3 heterocycles. The van der Waals surface area contributed by atoms with Crippen molar-refractivity contribution in [3.8, 4) is 0 Å². The molecule has 2 aromatic carbocycles. The molecule has 0 unspecified atom stereocenters. The first-order valence-corrected chi connectivity index (χ1v) is 10.3. The summed E-state index contributed by atoms with van der Waals surface area (Å²) in [6.45, 7) is 1.70. The average molecular weight is 405 g/mol. The molecule has 5 rings (SSSR count). The molecule has 1 saturated heterocycles. The molecule has 2 aromatic rings. The number of hydrogen-bond donors (Lipinski definition) is 1. The van der Waals surface area contributed by atoms with Gasteiger partial charge in [-0.2, -0.15) is 0 Å². The summed E-state index contributed by atoms with van der Waals surface area (Å²) in [5.41, 5.74) is 4.26. The van der Waals surface area contributed by atoms with Gasteiger partial charge in [-0.1, -0.05) is 24.3 Å². The van der Waals surface area contributed by atoms with Crippen LogP contribution in [0.5, 0.6) is 0 Å². The van der Waals surface area contributed by atoms with Gasteiger partial charge in [-0.25, -0.2) is 4.79 Å². The first-order valence-electron chi connectivity index (χ1n) is 10.3. The number of fused-ring (bicyclic) bond motifs is 4. The first kappa shape index (κ1) is 18.7. The average Bonchev–Trinajstić information content (AvgIpc) is 3.27. The summed E-state index contributed by atoms with van der Waals surface area (Å²) in [6, 6.07) is 13.1. The zero-order valence-electron chi connectivity index (χ0n) is 16.6. The molecule has 7 heteroatoms. The van der Waals surface area contributed by atoms with Gasteiger partial charge in [-0.15, -0.1) is 0 Å². The molecule has 1 N–H and O–H groups in total. The van der Waals surface area contributed by atoms with Crippen molar-refractivity contribution in [2.75, 3.05) is 29.9 Å². The SMILES string of the molecule is O=C(OCC(=O)N1CCc2ccccc2C1)c1ccc2c(c1)NC(=O)[C@@H]1CCCN21. The Morgan fingerprint density at radius 1 is 1.10 bits per heavy atom. The van der Waals surface area contributed by atoms with Gasteiger partial charge in [-0.3, -0.25) is 9.59 Å². The molecular formula is C23H23N3O4. The quantitative estimate of drug-likeness (QED) is 0.793. The van der Waals surface area contributed by atoms with E-state index in [1.54, 1.807) is 17.0 Å². The molecule has 0 aromatic heterocycles. The van der Waals surface area contributed by atoms with Crippen LogP contribution in [-0.4, -0.2) is 48.4 Å². The number of carbonyl (C=O) groups is 3. The highest BCUT2D eigenvalue weighted by Crippen LogP contribution is 2.37. The molecule has 3 aliphatic heterocycles. The van der Waals surface area contributed by atoms with Gasteiger partial charge >= 0.3 is 5.97 Å². The normalized spacial score (nSPS) is 19.5. The lowest BCUT2D eigenvalue weighted by Crippen LogP contribution is -2.43. The maximum absolute atomic E-state index is 12.5. The number of anilines is 2. The van der Waals surface area contributed by atoms with Gasteiger partial charge in [0.25, 0.3) is 5.91 Å². The Hall–Kier alpha value is -3.35. The second-order valence-corrected chi connectivity index (χ2v) is 7.98. The summed E-state index contributed by atoms with van der Waals surface area (Å²) in [5.74, 6) is -0.809. The molecular weight excluding hydrogens is 382 g/mol. The van der Waals surface area contributed by atoms with Gasteiger partial charge in [0.15, 0.2) is 6.61 Å². The van der Waals surface area contributed by atoms with E-state index in [1.165, 1.54) is 5.56 Å². The highest BCUT2D eigenvalue weighted by Gasteiger charge is 2.36. The Kier molecular flexibility index (Phi) is 4.65. The van der Waals surface area contributed by atoms with E-state index < -0.39 is 5.97 Å². The monoisotopic (exact) mass is 405 g/mol. The summed E-state index contributed by atoms with van der Waals surface area (Å²) < 4.78 is 5.28. The molecule has 0 radical (unpaired) electrons. The third-order valence-electron chi connectivity index (χ3n) is 6.17. The van der Waals surface area contributed by atoms with Crippen LogP contribution in [0.2, 0.25) is 0 Å². The Morgan fingerprint density at radius 2 is 1.93 bits per heavy atom. The number of benzene rings is 2. The van der Waals surface area contributed by atoms with Crippen molar-refractivity contribution in [3.05, 3.63) is 59.2 Å². The standard InChI is InChI=1S/C23H23N3O4/c27-21(25-11-9-15-4-1-2-5-17(15)13-25)14-30-23(29)16-7-8-19-18(12-16)24-22(28)20-6-3-10-26(19)20/h1-2,4-5,7-8,12,20H,3,6,9-11,13-14H2,(H,24,28)/t20-/m0/s1. The van der Waals surface area contributed by atoms with Gasteiger partial charge in [0.05, 0.1) is 16.9 Å². The van der Waals surface area contributed by atoms with E-state index >= 15 is 0 Å². The molecule has 0 saturated carbocycles. The van der Waals surface area contributed by atoms with Gasteiger partial charge in [0.2, 0.25) is 5.91 Å². The fourth-order valence-electron chi connectivity index (χ4n) is 4.57. The van der Waals surface area contributed by atoms with Crippen molar-refractivity contribution >= 4 is 29.2 Å². The summed E-state index contributed by atoms with van der Waals surface area (Å²) in [5, 5.41) is 2.89. The topological polar surface area (TPSA) is 79.0 Å². The molecule has 0 bridgehead atoms. The molecule has 1 atom stereocenters. The van der Waals surface area contributed by atoms with Crippen molar-refractivity contribution in [2.45, 2.75) is 31.8 Å². The van der Waals surface area contributed by atoms with Gasteiger partial charge < -0.3 is 19.9 Å². The molecule has 0 spiro atoms. The Morgan fingerprint density at radius 3 is 2.80 bits per heavy atom. The molecule has 1 fully saturated rings. The Balaban J connectivity index is 1.23. The minimum absolute atomic E-state index is 0.0360. The smallest absolute Gasteiger partial charge is 0.338 e. The van der Waals surface area contributed by atoms with Crippen molar-refractivity contribution in [1.29, 1.82) is 0 Å². The fourth-order valence-corrected chi connectivity index (χ4v) is 4.57. The minimum Gasteiger partial charge on any atom is -0.452 e. The van der Waals surface area contributed by atoms with E-state index in [0.717, 1.165) is 37.1 Å². The molecule has 7 nitrogen and oxygen atoms in total. The van der Waals surface area contributed by atoms with E-state index in [2.05, 4.69) is 16.3 Å². The fraction of sp³-hybridized carbons (Fsp3) is 0.348. The van der Waals surface area contributed by atoms with E-state index in [9.17, 15) is 14.4 Å². The maximum Gasteiger partial charge on any atom is 0.338 e. The van der Waals surface area contributed by atoms with Crippen molar-refractivity contribution in [1.82, 2.24) is 4.90 Å².